The number of carboxylic acid groups (broad SMARTS) is 2. The Kier molecular flexibility index (Phi) is 26.3. The Morgan fingerprint density at radius 3 is 1.11 bits per heavy atom. The van der Waals surface area contributed by atoms with Gasteiger partial charge in [-0.2, -0.15) is 0 Å². The van der Waals surface area contributed by atoms with Crippen molar-refractivity contribution in [1.82, 2.24) is 0 Å². The van der Waals surface area contributed by atoms with Gasteiger partial charge < -0.3 is 46.0 Å². The third-order valence-electron chi connectivity index (χ3n) is 12.7. The molecule has 10 rings (SSSR count). The Labute approximate surface area is 551 Å². The first-order chi connectivity index (χ1) is 45.8. The molecule has 0 aliphatic rings. The lowest BCUT2D eigenvalue weighted by atomic mass is 10.1. The van der Waals surface area contributed by atoms with E-state index in [4.69, 9.17) is 26.9 Å². The molecule has 0 heterocycles. The van der Waals surface area contributed by atoms with Crippen molar-refractivity contribution < 1.29 is 70.3 Å². The van der Waals surface area contributed by atoms with E-state index in [1.54, 1.807) is 115 Å². The van der Waals surface area contributed by atoms with Gasteiger partial charge in [0.25, 0.3) is 17.1 Å². The van der Waals surface area contributed by atoms with Gasteiger partial charge >= 0.3 is 11.9 Å². The van der Waals surface area contributed by atoms with Crippen LogP contribution in [0.2, 0.25) is 5.02 Å². The number of nitrogens with zero attached hydrogens (tertiary/aromatic N) is 8. The van der Waals surface area contributed by atoms with Gasteiger partial charge in [-0.3, -0.25) is 60.1 Å². The molecule has 10 aromatic rings. The molecule has 0 fully saturated rings. The molecule has 9 N–H and O–H groups in total. The second-order valence-electron chi connectivity index (χ2n) is 20.0. The normalized spacial score (nSPS) is 10.8. The van der Waals surface area contributed by atoms with Gasteiger partial charge in [0.1, 0.15) is 40.2 Å². The van der Waals surface area contributed by atoms with Crippen LogP contribution in [0.4, 0.5) is 45.5 Å². The molecule has 0 aliphatic carbocycles. The van der Waals surface area contributed by atoms with E-state index in [2.05, 4.69) is 25.0 Å². The lowest BCUT2D eigenvalue weighted by molar-refractivity contribution is -0.385. The molecule has 0 atom stereocenters. The fourth-order valence-electron chi connectivity index (χ4n) is 7.83. The molecule has 0 aliphatic heterocycles. The maximum absolute atomic E-state index is 10.8. The number of phenolic OH excluding ortho intramolecular Hbond substituents is 7. The topological polar surface area (TPSA) is 407 Å². The van der Waals surface area contributed by atoms with Gasteiger partial charge in [-0.25, -0.2) is 4.79 Å². The number of carbonyl (C=O) groups is 2. The van der Waals surface area contributed by atoms with Crippen LogP contribution in [0.1, 0.15) is 54.9 Å². The second-order valence-corrected chi connectivity index (χ2v) is 20.5. The Hall–Kier alpha value is -13.4. The molecule has 0 spiro atoms. The van der Waals surface area contributed by atoms with Crippen molar-refractivity contribution in [3.8, 4) is 40.2 Å². The van der Waals surface area contributed by atoms with Gasteiger partial charge in [-0.15, -0.1) is 0 Å². The summed E-state index contributed by atoms with van der Waals surface area (Å²) < 4.78 is 0. The predicted molar refractivity (Wildman–Crippen MR) is 365 cm³/mol. The van der Waals surface area contributed by atoms with E-state index < -0.39 is 26.7 Å². The van der Waals surface area contributed by atoms with Crippen LogP contribution in [0, 0.1) is 44.2 Å². The van der Waals surface area contributed by atoms with Crippen molar-refractivity contribution in [2.45, 2.75) is 20.3 Å². The first-order valence-electron chi connectivity index (χ1n) is 28.0. The number of hydrogen-bond acceptors (Lipinski definition) is 20. The standard InChI is InChI=1S/C16H15NO3.C15H13NO3.C13H9ClN2O3.2C13H10N2O4/c1-11-5-6-15(18)13(7-11)10-17-14-4-2-3-12(8-14)9-16(19)20;1-10-5-6-14(17)12(7-10)9-16-13-4-2-3-11(8-13)15(18)19;14-10-1-3-11(4-2-10)15-8-9-7-12(16(18)19)5-6-13(9)17;16-12-4-1-10(2-5-12)14-8-9-7-11(15(18)19)3-6-13(9)17;16-12-3-1-2-10(7-12)14-8-9-6-11(15(18)19)4-5-13(9)17/h2-8,10,18H,9H2,1H3,(H,19,20);2-9,17H,1H3,(H,18,19);1-8,17H;2*1-8,16-17H. The van der Waals surface area contributed by atoms with Gasteiger partial charge in [-0.1, -0.05) is 59.1 Å². The van der Waals surface area contributed by atoms with Gasteiger partial charge in [0, 0.05) is 106 Å². The predicted octanol–water partition coefficient (Wildman–Crippen LogP) is 15.4. The van der Waals surface area contributed by atoms with Crippen LogP contribution in [0.5, 0.6) is 40.2 Å². The van der Waals surface area contributed by atoms with Crippen LogP contribution < -0.4 is 0 Å². The van der Waals surface area contributed by atoms with E-state index in [1.807, 2.05) is 26.0 Å². The average molecular weight is 1320 g/mol. The van der Waals surface area contributed by atoms with Gasteiger partial charge in [0.2, 0.25) is 0 Å². The first kappa shape index (κ1) is 71.7. The summed E-state index contributed by atoms with van der Waals surface area (Å²) in [6.07, 6.45) is 7.06. The number of phenols is 7. The fourth-order valence-corrected chi connectivity index (χ4v) is 7.96. The zero-order valence-corrected chi connectivity index (χ0v) is 51.3. The quantitative estimate of drug-likeness (QED) is 0.0246. The number of nitro groups is 3. The Morgan fingerprint density at radius 2 is 0.729 bits per heavy atom. The van der Waals surface area contributed by atoms with Crippen molar-refractivity contribution in [2.24, 2.45) is 25.0 Å². The van der Waals surface area contributed by atoms with E-state index in [1.165, 1.54) is 116 Å². The van der Waals surface area contributed by atoms with Crippen LogP contribution in [0.3, 0.4) is 0 Å². The van der Waals surface area contributed by atoms with E-state index >= 15 is 0 Å². The van der Waals surface area contributed by atoms with Crippen LogP contribution in [-0.4, -0.2) is 104 Å². The summed E-state index contributed by atoms with van der Waals surface area (Å²) in [6.45, 7) is 3.85. The fraction of sp³-hybridized carbons (Fsp3) is 0.0429. The molecule has 0 radical (unpaired) electrons. The summed E-state index contributed by atoms with van der Waals surface area (Å²) in [5.41, 5.74) is 7.43. The van der Waals surface area contributed by atoms with Crippen molar-refractivity contribution in [3.63, 3.8) is 0 Å². The summed E-state index contributed by atoms with van der Waals surface area (Å²) in [4.78, 5) is 72.4. The maximum Gasteiger partial charge on any atom is 0.335 e. The number of benzene rings is 10. The Morgan fingerprint density at radius 1 is 0.385 bits per heavy atom. The minimum absolute atomic E-state index is 0.0287. The second kappa shape index (κ2) is 35.3. The molecular weight excluding hydrogens is 1260 g/mol. The SMILES string of the molecule is Cc1ccc(O)c(C=Nc2cccc(C(=O)O)c2)c1.Cc1ccc(O)c(C=Nc2cccc(CC(=O)O)c2)c1.O=[N+]([O-])c1ccc(O)c(C=Nc2ccc(Cl)cc2)c1.O=[N+]([O-])c1ccc(O)c(C=Nc2ccc(O)cc2)c1.O=[N+]([O-])c1ccc(O)c(C=Nc2cccc(O)c2)c1. The number of aliphatic carboxylic acids is 1. The lowest BCUT2D eigenvalue weighted by Gasteiger charge is -2.01. The summed E-state index contributed by atoms with van der Waals surface area (Å²) in [7, 11) is 0. The lowest BCUT2D eigenvalue weighted by Crippen LogP contribution is -1.99. The van der Waals surface area contributed by atoms with E-state index in [-0.39, 0.29) is 86.0 Å². The van der Waals surface area contributed by atoms with Gasteiger partial charge in [-0.05, 0) is 153 Å². The van der Waals surface area contributed by atoms with Gasteiger partial charge in [0.15, 0.2) is 0 Å². The molecule has 0 aromatic heterocycles. The highest BCUT2D eigenvalue weighted by molar-refractivity contribution is 6.30. The molecule has 486 valence electrons. The Bertz CT molecular complexity index is 4470. The maximum atomic E-state index is 10.8. The third kappa shape index (κ3) is 23.8. The smallest absolute Gasteiger partial charge is 0.335 e. The molecule has 0 bridgehead atoms. The minimum Gasteiger partial charge on any atom is -0.508 e. The number of halogens is 1. The number of nitro benzene ring substituents is 3. The summed E-state index contributed by atoms with van der Waals surface area (Å²) in [5, 5.41) is 117. The number of non-ortho nitro benzene ring substituents is 3. The first-order valence-corrected chi connectivity index (χ1v) is 28.4. The third-order valence-corrected chi connectivity index (χ3v) is 12.9. The highest BCUT2D eigenvalue weighted by atomic mass is 35.5. The molecule has 25 nitrogen and oxygen atoms in total. The summed E-state index contributed by atoms with van der Waals surface area (Å²) in [6, 6.07) is 54.0. The molecule has 26 heteroatoms. The highest BCUT2D eigenvalue weighted by Crippen LogP contribution is 2.28. The molecular formula is C70H57ClN8O17. The van der Waals surface area contributed by atoms with Crippen LogP contribution >= 0.6 is 11.6 Å². The number of rotatable bonds is 16. The molecule has 0 saturated heterocycles. The van der Waals surface area contributed by atoms with Crippen molar-refractivity contribution in [3.05, 3.63) is 298 Å². The monoisotopic (exact) mass is 1320 g/mol. The van der Waals surface area contributed by atoms with Crippen LogP contribution in [0.25, 0.3) is 0 Å². The zero-order chi connectivity index (χ0) is 69.8. The van der Waals surface area contributed by atoms with Gasteiger partial charge in [0.05, 0.1) is 55.2 Å². The molecule has 10 aromatic carbocycles. The minimum atomic E-state index is -0.990. The van der Waals surface area contributed by atoms with E-state index in [0.717, 1.165) is 11.1 Å². The van der Waals surface area contributed by atoms with Crippen LogP contribution in [-0.2, 0) is 11.2 Å². The van der Waals surface area contributed by atoms with Crippen molar-refractivity contribution >= 4 is 100 Å². The number of aromatic hydroxyl groups is 7. The number of aromatic carboxylic acids is 1. The Balaban J connectivity index is 0.000000190. The summed E-state index contributed by atoms with van der Waals surface area (Å²) in [5.74, 6) is -1.62. The van der Waals surface area contributed by atoms with E-state index in [0.29, 0.717) is 50.1 Å². The zero-order valence-electron chi connectivity index (χ0n) is 50.5. The summed E-state index contributed by atoms with van der Waals surface area (Å²) >= 11 is 5.74. The number of aryl methyl sites for hydroxylation is 2. The highest BCUT2D eigenvalue weighted by Gasteiger charge is 2.12. The number of aliphatic imine (C=N–C) groups is 5. The largest absolute Gasteiger partial charge is 0.508 e. The molecule has 0 saturated carbocycles. The molecule has 96 heavy (non-hydrogen) atoms. The van der Waals surface area contributed by atoms with E-state index in [9.17, 15) is 70.6 Å². The molecule has 0 unspecified atom stereocenters. The van der Waals surface area contributed by atoms with Crippen molar-refractivity contribution in [1.29, 1.82) is 0 Å². The van der Waals surface area contributed by atoms with Crippen molar-refractivity contribution in [2.75, 3.05) is 0 Å². The average Bonchev–Trinajstić information content (AvgIpc) is 0.965. The number of carboxylic acids is 2. The van der Waals surface area contributed by atoms with Crippen LogP contribution in [0.15, 0.2) is 237 Å². The molecule has 0 amide bonds. The number of hydrogen-bond donors (Lipinski definition) is 9.